The maximum absolute atomic E-state index is 13.4. The molecule has 0 spiro atoms. The highest BCUT2D eigenvalue weighted by molar-refractivity contribution is 7.99. The quantitative estimate of drug-likeness (QED) is 0.194. The molecule has 166 valence electrons. The molecule has 1 aromatic heterocycles. The minimum atomic E-state index is -0.550. The Morgan fingerprint density at radius 3 is 2.58 bits per heavy atom. The molecule has 33 heavy (non-hydrogen) atoms. The second-order valence-corrected chi connectivity index (χ2v) is 8.32. The maximum Gasteiger partial charge on any atom is 0.292 e. The Morgan fingerprint density at radius 1 is 1.06 bits per heavy atom. The van der Waals surface area contributed by atoms with Gasteiger partial charge in [0.15, 0.2) is 5.16 Å². The van der Waals surface area contributed by atoms with Crippen LogP contribution in [-0.4, -0.2) is 26.1 Å². The summed E-state index contributed by atoms with van der Waals surface area (Å²) in [7, 11) is 0. The Labute approximate surface area is 193 Å². The molecule has 0 saturated carbocycles. The van der Waals surface area contributed by atoms with Gasteiger partial charge >= 0.3 is 0 Å². The number of nitrogens with zero attached hydrogens (tertiary/aromatic N) is 3. The van der Waals surface area contributed by atoms with E-state index in [0.717, 1.165) is 22.9 Å². The molecule has 0 unspecified atom stereocenters. The number of hydrogen-bond acceptors (Lipinski definition) is 6. The molecule has 9 heteroatoms. The molecule has 4 aromatic rings. The minimum absolute atomic E-state index is 0.0817. The number of hydrogen-bond donors (Lipinski definition) is 1. The van der Waals surface area contributed by atoms with E-state index in [0.29, 0.717) is 21.7 Å². The maximum atomic E-state index is 13.4. The van der Waals surface area contributed by atoms with Crippen molar-refractivity contribution in [1.82, 2.24) is 9.55 Å². The topological polar surface area (TPSA) is 107 Å². The van der Waals surface area contributed by atoms with Gasteiger partial charge in [0.2, 0.25) is 5.91 Å². The molecule has 4 rings (SSSR count). The number of thioether (sulfide) groups is 1. The zero-order chi connectivity index (χ0) is 23.5. The summed E-state index contributed by atoms with van der Waals surface area (Å²) in [6.07, 6.45) is 0. The van der Waals surface area contributed by atoms with Gasteiger partial charge in [0.25, 0.3) is 11.2 Å². The average Bonchev–Trinajstić information content (AvgIpc) is 2.80. The molecule has 3 aromatic carbocycles. The summed E-state index contributed by atoms with van der Waals surface area (Å²) < 4.78 is 1.52. The lowest BCUT2D eigenvalue weighted by Gasteiger charge is -2.16. The number of carbonyl (C=O) groups is 1. The van der Waals surface area contributed by atoms with E-state index >= 15 is 0 Å². The zero-order valence-electron chi connectivity index (χ0n) is 17.9. The Bertz CT molecular complexity index is 1450. The van der Waals surface area contributed by atoms with Crippen molar-refractivity contribution < 1.29 is 9.72 Å². The lowest BCUT2D eigenvalue weighted by atomic mass is 10.1. The van der Waals surface area contributed by atoms with Gasteiger partial charge in [0, 0.05) is 6.07 Å². The normalized spacial score (nSPS) is 10.8. The number of aryl methyl sites for hydroxylation is 1. The number of amides is 1. The van der Waals surface area contributed by atoms with Gasteiger partial charge in [0.1, 0.15) is 5.69 Å². The molecule has 0 aliphatic rings. The molecule has 8 nitrogen and oxygen atoms in total. The lowest BCUT2D eigenvalue weighted by molar-refractivity contribution is -0.383. The third-order valence-electron chi connectivity index (χ3n) is 5.27. The Kier molecular flexibility index (Phi) is 6.23. The van der Waals surface area contributed by atoms with Crippen LogP contribution in [0.1, 0.15) is 11.1 Å². The third kappa shape index (κ3) is 4.49. The van der Waals surface area contributed by atoms with E-state index in [4.69, 9.17) is 0 Å². The number of para-hydroxylation sites is 3. The van der Waals surface area contributed by atoms with Crippen LogP contribution >= 0.6 is 11.8 Å². The van der Waals surface area contributed by atoms with E-state index in [-0.39, 0.29) is 22.7 Å². The van der Waals surface area contributed by atoms with Crippen molar-refractivity contribution in [3.63, 3.8) is 0 Å². The highest BCUT2D eigenvalue weighted by Gasteiger charge is 2.18. The van der Waals surface area contributed by atoms with Crippen molar-refractivity contribution >= 4 is 39.9 Å². The van der Waals surface area contributed by atoms with Gasteiger partial charge < -0.3 is 5.32 Å². The van der Waals surface area contributed by atoms with Gasteiger partial charge in [-0.2, -0.15) is 0 Å². The Morgan fingerprint density at radius 2 is 1.79 bits per heavy atom. The predicted octanol–water partition coefficient (Wildman–Crippen LogP) is 4.64. The van der Waals surface area contributed by atoms with Gasteiger partial charge in [-0.3, -0.25) is 24.3 Å². The third-order valence-corrected chi connectivity index (χ3v) is 6.21. The van der Waals surface area contributed by atoms with E-state index in [1.807, 2.05) is 32.0 Å². The van der Waals surface area contributed by atoms with E-state index < -0.39 is 10.8 Å². The largest absolute Gasteiger partial charge is 0.320 e. The molecule has 0 fully saturated rings. The van der Waals surface area contributed by atoms with Crippen LogP contribution in [0.5, 0.6) is 0 Å². The fourth-order valence-corrected chi connectivity index (χ4v) is 4.26. The molecule has 0 atom stereocenters. The van der Waals surface area contributed by atoms with Crippen LogP contribution in [0.3, 0.4) is 0 Å². The van der Waals surface area contributed by atoms with Crippen molar-refractivity contribution in [2.45, 2.75) is 19.0 Å². The molecule has 0 aliphatic carbocycles. The summed E-state index contributed by atoms with van der Waals surface area (Å²) in [4.78, 5) is 41.3. The summed E-state index contributed by atoms with van der Waals surface area (Å²) in [6, 6.07) is 18.7. The van der Waals surface area contributed by atoms with Gasteiger partial charge in [-0.1, -0.05) is 48.2 Å². The first-order valence-electron chi connectivity index (χ1n) is 10.1. The van der Waals surface area contributed by atoms with Crippen molar-refractivity contribution in [1.29, 1.82) is 0 Å². The van der Waals surface area contributed by atoms with Crippen molar-refractivity contribution in [2.24, 2.45) is 0 Å². The first kappa shape index (κ1) is 22.2. The summed E-state index contributed by atoms with van der Waals surface area (Å²) in [6.45, 7) is 3.90. The number of anilines is 1. The molecule has 0 radical (unpaired) electrons. The number of nitro groups is 1. The van der Waals surface area contributed by atoms with E-state index in [2.05, 4.69) is 10.3 Å². The first-order chi connectivity index (χ1) is 15.9. The van der Waals surface area contributed by atoms with Crippen molar-refractivity contribution in [3.05, 3.63) is 98.3 Å². The van der Waals surface area contributed by atoms with Crippen LogP contribution in [-0.2, 0) is 4.79 Å². The highest BCUT2D eigenvalue weighted by atomic mass is 32.2. The average molecular weight is 461 g/mol. The molecule has 0 aliphatic heterocycles. The van der Waals surface area contributed by atoms with Crippen molar-refractivity contribution in [2.75, 3.05) is 11.1 Å². The SMILES string of the molecule is Cc1cccc(-n2c(SCC(=O)Nc3ccccc3[N+](=O)[O-])nc3ccccc3c2=O)c1C. The predicted molar refractivity (Wildman–Crippen MR) is 129 cm³/mol. The van der Waals surface area contributed by atoms with Crippen LogP contribution in [0.25, 0.3) is 16.6 Å². The zero-order valence-corrected chi connectivity index (χ0v) is 18.8. The fraction of sp³-hybridized carbons (Fsp3) is 0.125. The number of rotatable bonds is 6. The smallest absolute Gasteiger partial charge is 0.292 e. The monoisotopic (exact) mass is 460 g/mol. The van der Waals surface area contributed by atoms with Crippen LogP contribution < -0.4 is 10.9 Å². The van der Waals surface area contributed by atoms with Crippen molar-refractivity contribution in [3.8, 4) is 5.69 Å². The molecule has 1 amide bonds. The number of nitro benzene ring substituents is 1. The van der Waals surface area contributed by atoms with Crippen LogP contribution in [0.15, 0.2) is 76.7 Å². The molecule has 1 heterocycles. The summed E-state index contributed by atoms with van der Waals surface area (Å²) in [5, 5.41) is 14.6. The molecular formula is C24H20N4O4S. The fourth-order valence-electron chi connectivity index (χ4n) is 3.45. The van der Waals surface area contributed by atoms with Crippen LogP contribution in [0.4, 0.5) is 11.4 Å². The van der Waals surface area contributed by atoms with E-state index in [9.17, 15) is 19.7 Å². The standard InChI is InChI=1S/C24H20N4O4S/c1-15-8-7-13-20(16(15)2)27-23(30)17-9-3-4-10-18(17)26-24(27)33-14-22(29)25-19-11-5-6-12-21(19)28(31)32/h3-13H,14H2,1-2H3,(H,25,29). The van der Waals surface area contributed by atoms with Crippen LogP contribution in [0.2, 0.25) is 0 Å². The number of nitrogens with one attached hydrogen (secondary N) is 1. The molecule has 0 saturated heterocycles. The lowest BCUT2D eigenvalue weighted by Crippen LogP contribution is -2.23. The van der Waals surface area contributed by atoms with Gasteiger partial charge in [-0.05, 0) is 49.2 Å². The second kappa shape index (κ2) is 9.25. The first-order valence-corrected chi connectivity index (χ1v) is 11.1. The summed E-state index contributed by atoms with van der Waals surface area (Å²) >= 11 is 1.10. The van der Waals surface area contributed by atoms with Gasteiger partial charge in [-0.25, -0.2) is 4.98 Å². The summed E-state index contributed by atoms with van der Waals surface area (Å²) in [5.74, 6) is -0.522. The highest BCUT2D eigenvalue weighted by Crippen LogP contribution is 2.26. The number of carbonyl (C=O) groups excluding carboxylic acids is 1. The minimum Gasteiger partial charge on any atom is -0.320 e. The van der Waals surface area contributed by atoms with E-state index in [1.165, 1.54) is 22.8 Å². The van der Waals surface area contributed by atoms with Crippen LogP contribution in [0, 0.1) is 24.0 Å². The Balaban J connectivity index is 1.71. The number of benzene rings is 3. The number of fused-ring (bicyclic) bond motifs is 1. The second-order valence-electron chi connectivity index (χ2n) is 7.38. The van der Waals surface area contributed by atoms with Gasteiger partial charge in [-0.15, -0.1) is 0 Å². The molecule has 1 N–H and O–H groups in total. The molecular weight excluding hydrogens is 440 g/mol. The molecule has 0 bridgehead atoms. The summed E-state index contributed by atoms with van der Waals surface area (Å²) in [5.41, 5.74) is 2.89. The Hall–Kier alpha value is -3.98. The van der Waals surface area contributed by atoms with Gasteiger partial charge in [0.05, 0.1) is 27.3 Å². The number of aromatic nitrogens is 2. The van der Waals surface area contributed by atoms with E-state index in [1.54, 1.807) is 30.3 Å².